The molecule has 0 aliphatic heterocycles. The third kappa shape index (κ3) is 2.51. The maximum atomic E-state index is 10.3. The predicted octanol–water partition coefficient (Wildman–Crippen LogP) is 1.56. The van der Waals surface area contributed by atoms with Crippen molar-refractivity contribution in [2.45, 2.75) is 6.92 Å². The molecule has 0 unspecified atom stereocenters. The molecule has 0 radical (unpaired) electrons. The Labute approximate surface area is 68.6 Å². The fourth-order valence-electron chi connectivity index (χ4n) is 0.571. The molecule has 1 N–H and O–H groups in total. The highest BCUT2D eigenvalue weighted by Gasteiger charge is 1.96. The summed E-state index contributed by atoms with van der Waals surface area (Å²) in [6.45, 7) is 1.76. The van der Waals surface area contributed by atoms with Crippen LogP contribution in [0.1, 0.15) is 5.82 Å². The van der Waals surface area contributed by atoms with Crippen LogP contribution in [0.3, 0.4) is 0 Å². The van der Waals surface area contributed by atoms with Gasteiger partial charge in [0, 0.05) is 0 Å². The number of nitrogens with one attached hydrogen (secondary N) is 1. The first-order chi connectivity index (χ1) is 5.18. The standard InChI is InChI=1S/C6H6ClN3O/c1-4-8-2-5(3-9-4)10-6(7)11/h2-3H,1H3,(H,10,11). The third-order valence-corrected chi connectivity index (χ3v) is 1.12. The van der Waals surface area contributed by atoms with Crippen LogP contribution in [-0.2, 0) is 0 Å². The highest BCUT2D eigenvalue weighted by molar-refractivity contribution is 6.65. The number of carbonyl (C=O) groups is 1. The summed E-state index contributed by atoms with van der Waals surface area (Å²) in [5.74, 6) is 0.651. The number of aromatic nitrogens is 2. The molecule has 0 bridgehead atoms. The Morgan fingerprint density at radius 1 is 1.55 bits per heavy atom. The number of anilines is 1. The molecule has 58 valence electrons. The van der Waals surface area contributed by atoms with Crippen molar-refractivity contribution in [3.8, 4) is 0 Å². The minimum atomic E-state index is -0.641. The van der Waals surface area contributed by atoms with Crippen molar-refractivity contribution in [3.63, 3.8) is 0 Å². The van der Waals surface area contributed by atoms with Crippen molar-refractivity contribution in [2.75, 3.05) is 5.32 Å². The van der Waals surface area contributed by atoms with Gasteiger partial charge in [0.25, 0.3) is 0 Å². The molecule has 1 heterocycles. The molecule has 4 nitrogen and oxygen atoms in total. The lowest BCUT2D eigenvalue weighted by Crippen LogP contribution is -2.02. The molecule has 1 aromatic rings. The lowest BCUT2D eigenvalue weighted by molar-refractivity contribution is 0.269. The van der Waals surface area contributed by atoms with Crippen molar-refractivity contribution in [1.82, 2.24) is 9.97 Å². The number of aryl methyl sites for hydroxylation is 1. The Hall–Kier alpha value is -1.16. The summed E-state index contributed by atoms with van der Waals surface area (Å²) < 4.78 is 0. The van der Waals surface area contributed by atoms with Gasteiger partial charge in [-0.25, -0.2) is 9.97 Å². The van der Waals surface area contributed by atoms with Crippen LogP contribution in [-0.4, -0.2) is 15.3 Å². The van der Waals surface area contributed by atoms with Gasteiger partial charge >= 0.3 is 5.37 Å². The number of rotatable bonds is 1. The second-order valence-corrected chi connectivity index (χ2v) is 2.26. The molecular weight excluding hydrogens is 166 g/mol. The van der Waals surface area contributed by atoms with Gasteiger partial charge in [-0.2, -0.15) is 0 Å². The molecule has 1 aromatic heterocycles. The van der Waals surface area contributed by atoms with E-state index < -0.39 is 5.37 Å². The second kappa shape index (κ2) is 3.30. The van der Waals surface area contributed by atoms with Gasteiger partial charge in [-0.3, -0.25) is 4.79 Å². The molecule has 0 aromatic carbocycles. The van der Waals surface area contributed by atoms with Gasteiger partial charge in [-0.15, -0.1) is 0 Å². The SMILES string of the molecule is Cc1ncc(NC(=O)Cl)cn1. The summed E-state index contributed by atoms with van der Waals surface area (Å²) in [4.78, 5) is 18.0. The minimum Gasteiger partial charge on any atom is -0.310 e. The number of nitrogens with zero attached hydrogens (tertiary/aromatic N) is 2. The largest absolute Gasteiger partial charge is 0.318 e. The summed E-state index contributed by atoms with van der Waals surface area (Å²) in [5.41, 5.74) is 0.496. The van der Waals surface area contributed by atoms with E-state index in [9.17, 15) is 4.79 Å². The maximum absolute atomic E-state index is 10.3. The van der Waals surface area contributed by atoms with Crippen LogP contribution >= 0.6 is 11.6 Å². The molecule has 0 aliphatic rings. The fraction of sp³-hybridized carbons (Fsp3) is 0.167. The molecule has 1 rings (SSSR count). The Kier molecular flexibility index (Phi) is 2.38. The van der Waals surface area contributed by atoms with Crippen LogP contribution in [0.4, 0.5) is 10.5 Å². The highest BCUT2D eigenvalue weighted by atomic mass is 35.5. The molecule has 0 spiro atoms. The zero-order valence-corrected chi connectivity index (χ0v) is 6.59. The van der Waals surface area contributed by atoms with Crippen LogP contribution in [0.15, 0.2) is 12.4 Å². The molecular formula is C6H6ClN3O. The van der Waals surface area contributed by atoms with Gasteiger partial charge in [0.1, 0.15) is 5.82 Å². The van der Waals surface area contributed by atoms with Crippen LogP contribution in [0, 0.1) is 6.92 Å². The predicted molar refractivity (Wildman–Crippen MR) is 41.6 cm³/mol. The highest BCUT2D eigenvalue weighted by Crippen LogP contribution is 2.02. The topological polar surface area (TPSA) is 54.9 Å². The summed E-state index contributed by atoms with van der Waals surface area (Å²) in [5, 5.41) is 1.69. The Morgan fingerprint density at radius 2 is 2.09 bits per heavy atom. The molecule has 0 saturated carbocycles. The number of hydrogen-bond acceptors (Lipinski definition) is 3. The smallest absolute Gasteiger partial charge is 0.310 e. The van der Waals surface area contributed by atoms with Crippen molar-refractivity contribution in [2.24, 2.45) is 0 Å². The monoisotopic (exact) mass is 171 g/mol. The summed E-state index contributed by atoms with van der Waals surface area (Å²) in [6.07, 6.45) is 2.98. The van der Waals surface area contributed by atoms with Crippen LogP contribution in [0.2, 0.25) is 0 Å². The van der Waals surface area contributed by atoms with Crippen molar-refractivity contribution >= 4 is 22.7 Å². The van der Waals surface area contributed by atoms with Crippen LogP contribution in [0.25, 0.3) is 0 Å². The zero-order valence-electron chi connectivity index (χ0n) is 5.84. The van der Waals surface area contributed by atoms with Gasteiger partial charge in [0.05, 0.1) is 18.1 Å². The van der Waals surface area contributed by atoms with Gasteiger partial charge < -0.3 is 5.32 Å². The van der Waals surface area contributed by atoms with Crippen molar-refractivity contribution in [3.05, 3.63) is 18.2 Å². The van der Waals surface area contributed by atoms with Gasteiger partial charge in [-0.1, -0.05) is 0 Å². The zero-order chi connectivity index (χ0) is 8.27. The Morgan fingerprint density at radius 3 is 2.55 bits per heavy atom. The normalized spacial score (nSPS) is 9.27. The maximum Gasteiger partial charge on any atom is 0.318 e. The number of carbonyl (C=O) groups excluding carboxylic acids is 1. The quantitative estimate of drug-likeness (QED) is 0.515. The number of halogens is 1. The minimum absolute atomic E-state index is 0.496. The van der Waals surface area contributed by atoms with E-state index in [4.69, 9.17) is 11.6 Å². The van der Waals surface area contributed by atoms with E-state index in [1.54, 1.807) is 6.92 Å². The van der Waals surface area contributed by atoms with Gasteiger partial charge in [0.15, 0.2) is 0 Å². The van der Waals surface area contributed by atoms with E-state index in [0.29, 0.717) is 11.5 Å². The Balaban J connectivity index is 2.74. The molecule has 5 heteroatoms. The van der Waals surface area contributed by atoms with Crippen molar-refractivity contribution < 1.29 is 4.79 Å². The fourth-order valence-corrected chi connectivity index (χ4v) is 0.680. The summed E-state index contributed by atoms with van der Waals surface area (Å²) in [7, 11) is 0. The first kappa shape index (κ1) is 7.94. The molecule has 1 amide bonds. The Bertz CT molecular complexity index is 259. The van der Waals surface area contributed by atoms with Gasteiger partial charge in [-0.05, 0) is 18.5 Å². The first-order valence-corrected chi connectivity index (χ1v) is 3.31. The second-order valence-electron chi connectivity index (χ2n) is 1.92. The van der Waals surface area contributed by atoms with E-state index in [1.807, 2.05) is 0 Å². The lowest BCUT2D eigenvalue weighted by atomic mass is 10.5. The van der Waals surface area contributed by atoms with E-state index >= 15 is 0 Å². The van der Waals surface area contributed by atoms with Crippen LogP contribution < -0.4 is 5.32 Å². The average Bonchev–Trinajstić information content (AvgIpc) is 1.93. The van der Waals surface area contributed by atoms with E-state index in [0.717, 1.165) is 0 Å². The molecule has 0 saturated heterocycles. The number of hydrogen-bond donors (Lipinski definition) is 1. The van der Waals surface area contributed by atoms with E-state index in [2.05, 4.69) is 15.3 Å². The van der Waals surface area contributed by atoms with Crippen molar-refractivity contribution in [1.29, 1.82) is 0 Å². The molecule has 11 heavy (non-hydrogen) atoms. The number of amides is 1. The van der Waals surface area contributed by atoms with Crippen LogP contribution in [0.5, 0.6) is 0 Å². The molecule has 0 atom stereocenters. The van der Waals surface area contributed by atoms with E-state index in [-0.39, 0.29) is 0 Å². The third-order valence-electron chi connectivity index (χ3n) is 1.02. The average molecular weight is 172 g/mol. The first-order valence-electron chi connectivity index (χ1n) is 2.93. The molecule has 0 fully saturated rings. The molecule has 0 aliphatic carbocycles. The van der Waals surface area contributed by atoms with Gasteiger partial charge in [0.2, 0.25) is 0 Å². The lowest BCUT2D eigenvalue weighted by Gasteiger charge is -1.97. The van der Waals surface area contributed by atoms with E-state index in [1.165, 1.54) is 12.4 Å². The summed E-state index contributed by atoms with van der Waals surface area (Å²) in [6, 6.07) is 0. The summed E-state index contributed by atoms with van der Waals surface area (Å²) >= 11 is 5.05.